The summed E-state index contributed by atoms with van der Waals surface area (Å²) < 4.78 is 26.1. The molecule has 0 spiro atoms. The predicted molar refractivity (Wildman–Crippen MR) is 75.7 cm³/mol. The lowest BCUT2D eigenvalue weighted by atomic mass is 10.2. The first-order valence-corrected chi connectivity index (χ1v) is 8.15. The fraction of sp³-hybridized carbons (Fsp3) is 0.500. The van der Waals surface area contributed by atoms with Gasteiger partial charge in [0.1, 0.15) is 0 Å². The van der Waals surface area contributed by atoms with Gasteiger partial charge in [0.25, 0.3) is 0 Å². The van der Waals surface area contributed by atoms with Crippen LogP contribution in [-0.2, 0) is 16.6 Å². The Balaban J connectivity index is 2.61. The van der Waals surface area contributed by atoms with Gasteiger partial charge in [0, 0.05) is 24.7 Å². The first-order chi connectivity index (χ1) is 8.45. The van der Waals surface area contributed by atoms with Crippen molar-refractivity contribution in [1.29, 1.82) is 0 Å². The van der Waals surface area contributed by atoms with Crippen LogP contribution >= 0.6 is 15.9 Å². The second-order valence-corrected chi connectivity index (χ2v) is 7.24. The lowest BCUT2D eigenvalue weighted by Crippen LogP contribution is -2.28. The van der Waals surface area contributed by atoms with Crippen molar-refractivity contribution < 1.29 is 13.5 Å². The molecule has 1 rings (SSSR count). The molecule has 0 radical (unpaired) electrons. The van der Waals surface area contributed by atoms with Crippen LogP contribution in [0.4, 0.5) is 0 Å². The SMILES string of the molecule is CN(Cc1cccc(Br)c1)S(=O)(=O)CCCCO. The number of sulfonamides is 1. The highest BCUT2D eigenvalue weighted by atomic mass is 79.9. The summed E-state index contributed by atoms with van der Waals surface area (Å²) in [5.41, 5.74) is 0.942. The van der Waals surface area contributed by atoms with Crippen molar-refractivity contribution in [3.63, 3.8) is 0 Å². The molecule has 0 atom stereocenters. The van der Waals surface area contributed by atoms with E-state index in [-0.39, 0.29) is 12.4 Å². The first-order valence-electron chi connectivity index (χ1n) is 5.75. The maximum atomic E-state index is 11.9. The van der Waals surface area contributed by atoms with Crippen molar-refractivity contribution in [2.45, 2.75) is 19.4 Å². The van der Waals surface area contributed by atoms with Crippen LogP contribution in [0.3, 0.4) is 0 Å². The molecular weight excluding hydrogens is 318 g/mol. The third kappa shape index (κ3) is 5.06. The molecule has 0 unspecified atom stereocenters. The normalized spacial score (nSPS) is 12.0. The zero-order valence-electron chi connectivity index (χ0n) is 10.3. The highest BCUT2D eigenvalue weighted by Crippen LogP contribution is 2.14. The average Bonchev–Trinajstić information content (AvgIpc) is 2.29. The minimum Gasteiger partial charge on any atom is -0.396 e. The molecule has 6 heteroatoms. The Morgan fingerprint density at radius 2 is 2.06 bits per heavy atom. The van der Waals surface area contributed by atoms with Crippen molar-refractivity contribution in [1.82, 2.24) is 4.31 Å². The predicted octanol–water partition coefficient (Wildman–Crippen LogP) is 1.98. The lowest BCUT2D eigenvalue weighted by molar-refractivity contribution is 0.287. The average molecular weight is 336 g/mol. The summed E-state index contributed by atoms with van der Waals surface area (Å²) in [6.07, 6.45) is 1.01. The molecule has 0 fully saturated rings. The van der Waals surface area contributed by atoms with Crippen LogP contribution in [0, 0.1) is 0 Å². The number of hydrogen-bond acceptors (Lipinski definition) is 3. The number of benzene rings is 1. The Kier molecular flexibility index (Phi) is 6.28. The molecule has 0 aliphatic carbocycles. The summed E-state index contributed by atoms with van der Waals surface area (Å²) in [5.74, 6) is 0.0814. The molecule has 0 bridgehead atoms. The molecule has 0 aliphatic rings. The van der Waals surface area contributed by atoms with Crippen LogP contribution in [0.5, 0.6) is 0 Å². The Morgan fingerprint density at radius 1 is 1.33 bits per heavy atom. The van der Waals surface area contributed by atoms with E-state index in [0.717, 1.165) is 10.0 Å². The molecule has 0 saturated carbocycles. The van der Waals surface area contributed by atoms with Gasteiger partial charge in [-0.2, -0.15) is 0 Å². The van der Waals surface area contributed by atoms with Crippen molar-refractivity contribution in [3.05, 3.63) is 34.3 Å². The summed E-state index contributed by atoms with van der Waals surface area (Å²) in [4.78, 5) is 0. The number of nitrogens with zero attached hydrogens (tertiary/aromatic N) is 1. The molecule has 4 nitrogen and oxygen atoms in total. The van der Waals surface area contributed by atoms with Crippen LogP contribution in [0.25, 0.3) is 0 Å². The van der Waals surface area contributed by atoms with E-state index in [1.807, 2.05) is 24.3 Å². The highest BCUT2D eigenvalue weighted by Gasteiger charge is 2.17. The molecule has 0 aromatic heterocycles. The van der Waals surface area contributed by atoms with Crippen LogP contribution in [-0.4, -0.2) is 37.2 Å². The van der Waals surface area contributed by atoms with Gasteiger partial charge in [0.2, 0.25) is 10.0 Å². The van der Waals surface area contributed by atoms with Crippen LogP contribution in [0.1, 0.15) is 18.4 Å². The summed E-state index contributed by atoms with van der Waals surface area (Å²) >= 11 is 3.36. The Bertz CT molecular complexity index is 476. The quantitative estimate of drug-likeness (QED) is 0.775. The molecule has 0 aliphatic heterocycles. The number of aliphatic hydroxyl groups excluding tert-OH is 1. The Morgan fingerprint density at radius 3 is 2.67 bits per heavy atom. The third-order valence-corrected chi connectivity index (χ3v) is 4.96. The second kappa shape index (κ2) is 7.23. The molecule has 1 aromatic carbocycles. The van der Waals surface area contributed by atoms with Crippen molar-refractivity contribution in [3.8, 4) is 0 Å². The van der Waals surface area contributed by atoms with E-state index in [1.165, 1.54) is 4.31 Å². The lowest BCUT2D eigenvalue weighted by Gasteiger charge is -2.17. The number of hydrogen-bond donors (Lipinski definition) is 1. The van der Waals surface area contributed by atoms with Gasteiger partial charge in [-0.3, -0.25) is 0 Å². The molecule has 102 valence electrons. The monoisotopic (exact) mass is 335 g/mol. The van der Waals surface area contributed by atoms with Gasteiger partial charge < -0.3 is 5.11 Å². The van der Waals surface area contributed by atoms with Gasteiger partial charge in [-0.15, -0.1) is 0 Å². The van der Waals surface area contributed by atoms with Crippen molar-refractivity contribution in [2.24, 2.45) is 0 Å². The fourth-order valence-electron chi connectivity index (χ4n) is 1.54. The second-order valence-electron chi connectivity index (χ2n) is 4.13. The minimum absolute atomic E-state index is 0.0326. The Labute approximate surface area is 117 Å². The summed E-state index contributed by atoms with van der Waals surface area (Å²) in [6.45, 7) is 0.395. The molecule has 0 heterocycles. The molecule has 1 aromatic rings. The van der Waals surface area contributed by atoms with Gasteiger partial charge in [-0.25, -0.2) is 12.7 Å². The van der Waals surface area contributed by atoms with E-state index in [1.54, 1.807) is 7.05 Å². The zero-order chi connectivity index (χ0) is 13.6. The van der Waals surface area contributed by atoms with E-state index < -0.39 is 10.0 Å². The summed E-state index contributed by atoms with van der Waals surface area (Å²) in [7, 11) is -1.66. The molecule has 18 heavy (non-hydrogen) atoms. The van der Waals surface area contributed by atoms with Gasteiger partial charge in [0.15, 0.2) is 0 Å². The van der Waals surface area contributed by atoms with Crippen LogP contribution in [0.2, 0.25) is 0 Å². The largest absolute Gasteiger partial charge is 0.396 e. The minimum atomic E-state index is -3.24. The number of halogens is 1. The maximum Gasteiger partial charge on any atom is 0.214 e. The zero-order valence-corrected chi connectivity index (χ0v) is 12.7. The van der Waals surface area contributed by atoms with E-state index in [0.29, 0.717) is 19.4 Å². The Hall–Kier alpha value is -0.430. The van der Waals surface area contributed by atoms with E-state index >= 15 is 0 Å². The van der Waals surface area contributed by atoms with Gasteiger partial charge in [-0.05, 0) is 30.5 Å². The standard InChI is InChI=1S/C12H18BrNO3S/c1-14(18(16,17)8-3-2-7-15)10-11-5-4-6-12(13)9-11/h4-6,9,15H,2-3,7-8,10H2,1H3. The molecular formula is C12H18BrNO3S. The van der Waals surface area contributed by atoms with Crippen molar-refractivity contribution in [2.75, 3.05) is 19.4 Å². The summed E-state index contributed by atoms with van der Waals surface area (Å²) in [6, 6.07) is 7.58. The molecule has 0 amide bonds. The van der Waals surface area contributed by atoms with E-state index in [4.69, 9.17) is 5.11 Å². The third-order valence-electron chi connectivity index (χ3n) is 2.58. The van der Waals surface area contributed by atoms with Gasteiger partial charge in [0.05, 0.1) is 5.75 Å². The number of aliphatic hydroxyl groups is 1. The first kappa shape index (κ1) is 15.6. The van der Waals surface area contributed by atoms with Crippen LogP contribution in [0.15, 0.2) is 28.7 Å². The van der Waals surface area contributed by atoms with E-state index in [2.05, 4.69) is 15.9 Å². The number of rotatable bonds is 7. The molecule has 0 saturated heterocycles. The van der Waals surface area contributed by atoms with Gasteiger partial charge >= 0.3 is 0 Å². The fourth-order valence-corrected chi connectivity index (χ4v) is 3.22. The van der Waals surface area contributed by atoms with Gasteiger partial charge in [-0.1, -0.05) is 28.1 Å². The van der Waals surface area contributed by atoms with E-state index in [9.17, 15) is 8.42 Å². The number of unbranched alkanes of at least 4 members (excludes halogenated alkanes) is 1. The smallest absolute Gasteiger partial charge is 0.214 e. The molecule has 1 N–H and O–H groups in total. The summed E-state index contributed by atoms with van der Waals surface area (Å²) in [5, 5.41) is 8.65. The van der Waals surface area contributed by atoms with Crippen LogP contribution < -0.4 is 0 Å². The topological polar surface area (TPSA) is 57.6 Å². The highest BCUT2D eigenvalue weighted by molar-refractivity contribution is 9.10. The maximum absolute atomic E-state index is 11.9. The van der Waals surface area contributed by atoms with Crippen molar-refractivity contribution >= 4 is 26.0 Å².